The minimum absolute atomic E-state index is 0.0106. The summed E-state index contributed by atoms with van der Waals surface area (Å²) >= 11 is 0. The zero-order valence-corrected chi connectivity index (χ0v) is 17.6. The zero-order valence-electron chi connectivity index (χ0n) is 16.8. The molecule has 0 radical (unpaired) electrons. The SMILES string of the molecule is CCN1c2ccccc2C2=C([C@H](c3ccc(C(=O)OC)cc3)C(C#N)=C(N)O2)S1(=O)=O. The second-order valence-electron chi connectivity index (χ2n) is 6.92. The van der Waals surface area contributed by atoms with Crippen molar-refractivity contribution in [3.05, 3.63) is 81.6 Å². The fourth-order valence-electron chi connectivity index (χ4n) is 3.91. The minimum atomic E-state index is -4.03. The van der Waals surface area contributed by atoms with Crippen molar-refractivity contribution < 1.29 is 22.7 Å². The van der Waals surface area contributed by atoms with E-state index in [4.69, 9.17) is 15.2 Å². The van der Waals surface area contributed by atoms with Gasteiger partial charge in [0.15, 0.2) is 5.76 Å². The van der Waals surface area contributed by atoms with Crippen molar-refractivity contribution in [2.75, 3.05) is 18.0 Å². The quantitative estimate of drug-likeness (QED) is 0.733. The number of nitrogens with zero attached hydrogens (tertiary/aromatic N) is 2. The van der Waals surface area contributed by atoms with Gasteiger partial charge in [0.2, 0.25) is 5.88 Å². The third-order valence-electron chi connectivity index (χ3n) is 5.31. The third-order valence-corrected chi connectivity index (χ3v) is 7.32. The van der Waals surface area contributed by atoms with E-state index in [-0.39, 0.29) is 28.7 Å². The Balaban J connectivity index is 1.99. The van der Waals surface area contributed by atoms with E-state index in [1.165, 1.54) is 23.5 Å². The number of carbonyl (C=O) groups excluding carboxylic acids is 1. The van der Waals surface area contributed by atoms with Gasteiger partial charge in [0.05, 0.1) is 24.3 Å². The summed E-state index contributed by atoms with van der Waals surface area (Å²) in [6, 6.07) is 15.2. The largest absolute Gasteiger partial charge is 0.465 e. The van der Waals surface area contributed by atoms with Crippen LogP contribution in [0.2, 0.25) is 0 Å². The van der Waals surface area contributed by atoms with Crippen LogP contribution in [-0.4, -0.2) is 28.0 Å². The Morgan fingerprint density at radius 2 is 1.90 bits per heavy atom. The Labute approximate surface area is 179 Å². The Bertz CT molecular complexity index is 1290. The van der Waals surface area contributed by atoms with Gasteiger partial charge in [0.25, 0.3) is 10.0 Å². The van der Waals surface area contributed by atoms with Crippen LogP contribution >= 0.6 is 0 Å². The first-order chi connectivity index (χ1) is 14.8. The first-order valence-corrected chi connectivity index (χ1v) is 10.9. The molecule has 2 N–H and O–H groups in total. The number of fused-ring (bicyclic) bond motifs is 2. The second kappa shape index (κ2) is 7.49. The molecule has 2 aliphatic heterocycles. The van der Waals surface area contributed by atoms with Crippen molar-refractivity contribution in [1.29, 1.82) is 5.26 Å². The van der Waals surface area contributed by atoms with Crippen LogP contribution in [0.25, 0.3) is 5.76 Å². The monoisotopic (exact) mass is 437 g/mol. The molecule has 4 rings (SSSR count). The van der Waals surface area contributed by atoms with Crippen LogP contribution in [0, 0.1) is 11.3 Å². The highest BCUT2D eigenvalue weighted by molar-refractivity contribution is 7.97. The number of anilines is 1. The number of allylic oxidation sites excluding steroid dienone is 2. The average Bonchev–Trinajstić information content (AvgIpc) is 2.78. The van der Waals surface area contributed by atoms with Gasteiger partial charge in [-0.05, 0) is 36.8 Å². The standard InChI is InChI=1S/C22H19N3O5S/c1-3-25-17-7-5-4-6-15(17)19-20(31(25,27)28)18(16(12-23)21(24)30-19)13-8-10-14(11-9-13)22(26)29-2/h4-11,18H,3,24H2,1-2H3/t18-/m1/s1. The minimum Gasteiger partial charge on any atom is -0.465 e. The van der Waals surface area contributed by atoms with Gasteiger partial charge in [0, 0.05) is 12.1 Å². The molecule has 2 aliphatic rings. The number of benzene rings is 2. The lowest BCUT2D eigenvalue weighted by atomic mass is 9.88. The highest BCUT2D eigenvalue weighted by Gasteiger charge is 2.46. The summed E-state index contributed by atoms with van der Waals surface area (Å²) < 4.78 is 39.0. The van der Waals surface area contributed by atoms with Crippen molar-refractivity contribution in [3.8, 4) is 6.07 Å². The molecular formula is C22H19N3O5S. The van der Waals surface area contributed by atoms with Crippen LogP contribution in [0.3, 0.4) is 0 Å². The Hall–Kier alpha value is -3.77. The molecule has 0 aromatic heterocycles. The van der Waals surface area contributed by atoms with E-state index in [9.17, 15) is 18.5 Å². The van der Waals surface area contributed by atoms with E-state index >= 15 is 0 Å². The molecule has 8 nitrogen and oxygen atoms in total. The van der Waals surface area contributed by atoms with Crippen LogP contribution in [-0.2, 0) is 19.5 Å². The summed E-state index contributed by atoms with van der Waals surface area (Å²) in [6.07, 6.45) is 0. The number of carbonyl (C=O) groups is 1. The molecule has 31 heavy (non-hydrogen) atoms. The van der Waals surface area contributed by atoms with Gasteiger partial charge in [-0.25, -0.2) is 13.2 Å². The predicted octanol–water partition coefficient (Wildman–Crippen LogP) is 2.82. The van der Waals surface area contributed by atoms with E-state index in [1.807, 2.05) is 6.07 Å². The molecule has 0 spiro atoms. The molecule has 0 saturated carbocycles. The first-order valence-electron chi connectivity index (χ1n) is 9.47. The maximum atomic E-state index is 13.7. The van der Waals surface area contributed by atoms with Crippen LogP contribution in [0.4, 0.5) is 5.69 Å². The normalized spacial score (nSPS) is 19.1. The molecule has 0 aliphatic carbocycles. The summed E-state index contributed by atoms with van der Waals surface area (Å²) in [6.45, 7) is 1.93. The van der Waals surface area contributed by atoms with E-state index in [2.05, 4.69) is 0 Å². The fourth-order valence-corrected chi connectivity index (χ4v) is 5.85. The lowest BCUT2D eigenvalue weighted by molar-refractivity contribution is 0.0600. The molecule has 0 amide bonds. The van der Waals surface area contributed by atoms with Crippen molar-refractivity contribution in [2.45, 2.75) is 12.8 Å². The summed E-state index contributed by atoms with van der Waals surface area (Å²) in [4.78, 5) is 11.7. The molecule has 2 aromatic rings. The predicted molar refractivity (Wildman–Crippen MR) is 114 cm³/mol. The number of para-hydroxylation sites is 1. The number of esters is 1. The van der Waals surface area contributed by atoms with E-state index in [0.29, 0.717) is 22.4 Å². The van der Waals surface area contributed by atoms with Gasteiger partial charge in [-0.1, -0.05) is 24.3 Å². The average molecular weight is 437 g/mol. The molecule has 0 saturated heterocycles. The topological polar surface area (TPSA) is 123 Å². The van der Waals surface area contributed by atoms with Gasteiger partial charge in [-0.2, -0.15) is 5.26 Å². The number of hydrogen-bond acceptors (Lipinski definition) is 7. The highest BCUT2D eigenvalue weighted by Crippen LogP contribution is 2.50. The number of rotatable bonds is 3. The molecule has 0 unspecified atom stereocenters. The van der Waals surface area contributed by atoms with E-state index in [1.54, 1.807) is 43.3 Å². The second-order valence-corrected chi connectivity index (χ2v) is 8.75. The van der Waals surface area contributed by atoms with Crippen LogP contribution in [0.1, 0.15) is 34.3 Å². The lowest BCUT2D eigenvalue weighted by Crippen LogP contribution is -2.39. The Morgan fingerprint density at radius 3 is 2.52 bits per heavy atom. The highest BCUT2D eigenvalue weighted by atomic mass is 32.2. The van der Waals surface area contributed by atoms with Crippen molar-refractivity contribution in [2.24, 2.45) is 5.73 Å². The smallest absolute Gasteiger partial charge is 0.337 e. The number of nitriles is 1. The lowest BCUT2D eigenvalue weighted by Gasteiger charge is -2.37. The summed E-state index contributed by atoms with van der Waals surface area (Å²) in [5.74, 6) is -1.55. The molecule has 0 bridgehead atoms. The summed E-state index contributed by atoms with van der Waals surface area (Å²) in [5, 5.41) is 9.78. The van der Waals surface area contributed by atoms with Crippen molar-refractivity contribution in [1.82, 2.24) is 0 Å². The molecule has 2 aromatic carbocycles. The van der Waals surface area contributed by atoms with Crippen LogP contribution < -0.4 is 10.0 Å². The maximum absolute atomic E-state index is 13.7. The van der Waals surface area contributed by atoms with Gasteiger partial charge in [-0.3, -0.25) is 4.31 Å². The van der Waals surface area contributed by atoms with Gasteiger partial charge in [0.1, 0.15) is 16.5 Å². The Kier molecular flexibility index (Phi) is 4.95. The first kappa shape index (κ1) is 20.5. The maximum Gasteiger partial charge on any atom is 0.337 e. The number of nitrogens with two attached hydrogens (primary N) is 1. The number of ether oxygens (including phenoxy) is 2. The van der Waals surface area contributed by atoms with E-state index in [0.717, 1.165) is 0 Å². The van der Waals surface area contributed by atoms with Crippen LogP contribution in [0.5, 0.6) is 0 Å². The number of hydrogen-bond donors (Lipinski definition) is 1. The number of sulfonamides is 1. The zero-order chi connectivity index (χ0) is 22.3. The molecule has 9 heteroatoms. The molecule has 0 fully saturated rings. The molecule has 1 atom stereocenters. The van der Waals surface area contributed by atoms with E-state index < -0.39 is 21.9 Å². The summed E-state index contributed by atoms with van der Waals surface area (Å²) in [5.41, 5.74) is 7.89. The van der Waals surface area contributed by atoms with Gasteiger partial charge >= 0.3 is 5.97 Å². The fraction of sp³-hybridized carbons (Fsp3) is 0.182. The van der Waals surface area contributed by atoms with Gasteiger partial charge < -0.3 is 15.2 Å². The molecule has 158 valence electrons. The molecule has 2 heterocycles. The third kappa shape index (κ3) is 3.04. The van der Waals surface area contributed by atoms with Crippen molar-refractivity contribution >= 4 is 27.4 Å². The van der Waals surface area contributed by atoms with Crippen LogP contribution in [0.15, 0.2) is 64.9 Å². The Morgan fingerprint density at radius 1 is 1.23 bits per heavy atom. The number of methoxy groups -OCH3 is 1. The van der Waals surface area contributed by atoms with Gasteiger partial charge in [-0.15, -0.1) is 0 Å². The summed E-state index contributed by atoms with van der Waals surface area (Å²) in [7, 11) is -2.76. The van der Waals surface area contributed by atoms with Crippen molar-refractivity contribution in [3.63, 3.8) is 0 Å². The molecular weight excluding hydrogens is 418 g/mol.